The van der Waals surface area contributed by atoms with E-state index in [0.717, 1.165) is 0 Å². The summed E-state index contributed by atoms with van der Waals surface area (Å²) >= 11 is 0. The molecule has 1 aliphatic heterocycles. The van der Waals surface area contributed by atoms with Crippen molar-refractivity contribution in [2.45, 2.75) is 25.6 Å². The molecule has 1 saturated heterocycles. The zero-order valence-electron chi connectivity index (χ0n) is 16.2. The SMILES string of the molecule is CC(C(=O)N1CCN(CCCOCC(F)(F)F)CC1)n1c(=O)oc2ccccc21. The third-order valence-electron chi connectivity index (χ3n) is 4.98. The lowest BCUT2D eigenvalue weighted by Gasteiger charge is -2.36. The van der Waals surface area contributed by atoms with E-state index in [1.807, 2.05) is 0 Å². The van der Waals surface area contributed by atoms with Crippen molar-refractivity contribution in [2.24, 2.45) is 0 Å². The average molecular weight is 415 g/mol. The minimum atomic E-state index is -4.30. The molecule has 0 spiro atoms. The van der Waals surface area contributed by atoms with E-state index in [9.17, 15) is 22.8 Å². The summed E-state index contributed by atoms with van der Waals surface area (Å²) in [5.41, 5.74) is 1.02. The van der Waals surface area contributed by atoms with Gasteiger partial charge in [0.1, 0.15) is 12.6 Å². The first kappa shape index (κ1) is 21.4. The number of benzene rings is 1. The minimum absolute atomic E-state index is 0.0478. The Kier molecular flexibility index (Phi) is 6.63. The number of halogens is 3. The highest BCUT2D eigenvalue weighted by atomic mass is 19.4. The summed E-state index contributed by atoms with van der Waals surface area (Å²) in [4.78, 5) is 28.9. The van der Waals surface area contributed by atoms with Crippen molar-refractivity contribution >= 4 is 17.0 Å². The molecule has 1 amide bonds. The van der Waals surface area contributed by atoms with Crippen molar-refractivity contribution < 1.29 is 27.1 Å². The highest BCUT2D eigenvalue weighted by Crippen LogP contribution is 2.19. The molecule has 0 aliphatic carbocycles. The van der Waals surface area contributed by atoms with E-state index in [1.165, 1.54) is 4.57 Å². The first-order chi connectivity index (χ1) is 13.8. The van der Waals surface area contributed by atoms with Crippen LogP contribution < -0.4 is 5.76 Å². The Morgan fingerprint density at radius 1 is 1.21 bits per heavy atom. The molecule has 0 saturated carbocycles. The number of para-hydroxylation sites is 2. The normalized spacial score (nSPS) is 17.0. The van der Waals surface area contributed by atoms with E-state index < -0.39 is 24.6 Å². The second kappa shape index (κ2) is 9.00. The minimum Gasteiger partial charge on any atom is -0.408 e. The molecule has 1 fully saturated rings. The molecule has 2 heterocycles. The van der Waals surface area contributed by atoms with Gasteiger partial charge in [0.25, 0.3) is 0 Å². The zero-order chi connectivity index (χ0) is 21.0. The molecular weight excluding hydrogens is 391 g/mol. The number of fused-ring (bicyclic) bond motifs is 1. The molecule has 1 aromatic heterocycles. The van der Waals surface area contributed by atoms with E-state index in [4.69, 9.17) is 4.42 Å². The van der Waals surface area contributed by atoms with Crippen molar-refractivity contribution in [1.82, 2.24) is 14.4 Å². The molecule has 3 rings (SSSR count). The van der Waals surface area contributed by atoms with Crippen LogP contribution in [0.2, 0.25) is 0 Å². The monoisotopic (exact) mass is 415 g/mol. The summed E-state index contributed by atoms with van der Waals surface area (Å²) in [6, 6.07) is 6.27. The predicted molar refractivity (Wildman–Crippen MR) is 99.7 cm³/mol. The molecule has 0 bridgehead atoms. The first-order valence-electron chi connectivity index (χ1n) is 9.52. The van der Waals surface area contributed by atoms with E-state index in [1.54, 1.807) is 36.1 Å². The van der Waals surface area contributed by atoms with Crippen molar-refractivity contribution in [3.05, 3.63) is 34.8 Å². The van der Waals surface area contributed by atoms with Crippen LogP contribution in [0.25, 0.3) is 11.1 Å². The fourth-order valence-electron chi connectivity index (χ4n) is 3.50. The number of hydrogen-bond acceptors (Lipinski definition) is 5. The number of nitrogens with zero attached hydrogens (tertiary/aromatic N) is 3. The topological polar surface area (TPSA) is 67.9 Å². The lowest BCUT2D eigenvalue weighted by Crippen LogP contribution is -2.50. The van der Waals surface area contributed by atoms with Gasteiger partial charge in [0.05, 0.1) is 5.52 Å². The number of carbonyl (C=O) groups excluding carboxylic acids is 1. The number of rotatable bonds is 7. The van der Waals surface area contributed by atoms with Gasteiger partial charge in [0.2, 0.25) is 5.91 Å². The van der Waals surface area contributed by atoms with E-state index >= 15 is 0 Å². The largest absolute Gasteiger partial charge is 0.420 e. The zero-order valence-corrected chi connectivity index (χ0v) is 16.2. The number of oxazole rings is 1. The Bertz CT molecular complexity index is 885. The molecule has 29 heavy (non-hydrogen) atoms. The standard InChI is InChI=1S/C19H24F3N3O4/c1-14(25-15-5-2-3-6-16(15)29-18(25)27)17(26)24-10-8-23(9-11-24)7-4-12-28-13-19(20,21)22/h2-3,5-6,14H,4,7-13H2,1H3. The molecule has 1 aromatic carbocycles. The smallest absolute Gasteiger partial charge is 0.408 e. The number of ether oxygens (including phenoxy) is 1. The lowest BCUT2D eigenvalue weighted by molar-refractivity contribution is -0.174. The molecular formula is C19H24F3N3O4. The van der Waals surface area contributed by atoms with Gasteiger partial charge in [0.15, 0.2) is 5.58 Å². The van der Waals surface area contributed by atoms with E-state index in [0.29, 0.717) is 50.2 Å². The van der Waals surface area contributed by atoms with Crippen LogP contribution in [0.3, 0.4) is 0 Å². The van der Waals surface area contributed by atoms with Gasteiger partial charge in [-0.2, -0.15) is 13.2 Å². The Morgan fingerprint density at radius 2 is 1.90 bits per heavy atom. The predicted octanol–water partition coefficient (Wildman–Crippen LogP) is 2.27. The average Bonchev–Trinajstić information content (AvgIpc) is 3.02. The van der Waals surface area contributed by atoms with Crippen LogP contribution >= 0.6 is 0 Å². The van der Waals surface area contributed by atoms with E-state index in [2.05, 4.69) is 9.64 Å². The maximum absolute atomic E-state index is 12.9. The van der Waals surface area contributed by atoms with Gasteiger partial charge in [-0.3, -0.25) is 14.3 Å². The third-order valence-corrected chi connectivity index (χ3v) is 4.98. The van der Waals surface area contributed by atoms with Gasteiger partial charge in [-0.15, -0.1) is 0 Å². The first-order valence-corrected chi connectivity index (χ1v) is 9.52. The highest BCUT2D eigenvalue weighted by molar-refractivity contribution is 5.83. The van der Waals surface area contributed by atoms with Gasteiger partial charge >= 0.3 is 11.9 Å². The van der Waals surface area contributed by atoms with Crippen LogP contribution in [0.5, 0.6) is 0 Å². The molecule has 10 heteroatoms. The summed E-state index contributed by atoms with van der Waals surface area (Å²) in [5, 5.41) is 0. The summed E-state index contributed by atoms with van der Waals surface area (Å²) in [5.74, 6) is -0.726. The van der Waals surface area contributed by atoms with Crippen LogP contribution in [0, 0.1) is 0 Å². The third kappa shape index (κ3) is 5.39. The van der Waals surface area contributed by atoms with Crippen molar-refractivity contribution in [3.63, 3.8) is 0 Å². The van der Waals surface area contributed by atoms with Crippen LogP contribution in [0.4, 0.5) is 13.2 Å². The number of piperazine rings is 1. The molecule has 1 aliphatic rings. The second-order valence-corrected chi connectivity index (χ2v) is 7.07. The molecule has 7 nitrogen and oxygen atoms in total. The Morgan fingerprint density at radius 3 is 2.59 bits per heavy atom. The fraction of sp³-hybridized carbons (Fsp3) is 0.579. The van der Waals surface area contributed by atoms with Crippen LogP contribution in [-0.4, -0.2) is 72.4 Å². The molecule has 160 valence electrons. The van der Waals surface area contributed by atoms with Gasteiger partial charge in [-0.05, 0) is 25.5 Å². The Hall–Kier alpha value is -2.33. The van der Waals surface area contributed by atoms with Gasteiger partial charge in [0, 0.05) is 39.3 Å². The van der Waals surface area contributed by atoms with Gasteiger partial charge < -0.3 is 14.1 Å². The maximum Gasteiger partial charge on any atom is 0.420 e. The second-order valence-electron chi connectivity index (χ2n) is 7.07. The Labute approximate surface area is 165 Å². The highest BCUT2D eigenvalue weighted by Gasteiger charge is 2.29. The quantitative estimate of drug-likeness (QED) is 0.649. The van der Waals surface area contributed by atoms with Gasteiger partial charge in [-0.25, -0.2) is 4.79 Å². The van der Waals surface area contributed by atoms with Crippen LogP contribution in [0.15, 0.2) is 33.5 Å². The molecule has 0 radical (unpaired) electrons. The molecule has 1 unspecified atom stereocenters. The summed E-state index contributed by atoms with van der Waals surface area (Å²) in [7, 11) is 0. The number of aromatic nitrogens is 1. The molecule has 2 aromatic rings. The maximum atomic E-state index is 12.9. The van der Waals surface area contributed by atoms with Crippen LogP contribution in [0.1, 0.15) is 19.4 Å². The summed E-state index contributed by atoms with van der Waals surface area (Å²) in [6.45, 7) is 3.35. The Balaban J connectivity index is 1.48. The van der Waals surface area contributed by atoms with Crippen LogP contribution in [-0.2, 0) is 9.53 Å². The molecule has 0 N–H and O–H groups in total. The molecule has 1 atom stereocenters. The fourth-order valence-corrected chi connectivity index (χ4v) is 3.50. The number of amides is 1. The van der Waals surface area contributed by atoms with Crippen molar-refractivity contribution in [2.75, 3.05) is 45.9 Å². The van der Waals surface area contributed by atoms with Crippen molar-refractivity contribution in [1.29, 1.82) is 0 Å². The summed E-state index contributed by atoms with van der Waals surface area (Å²) < 4.78 is 47.3. The number of alkyl halides is 3. The summed E-state index contributed by atoms with van der Waals surface area (Å²) in [6.07, 6.45) is -3.80. The van der Waals surface area contributed by atoms with Crippen molar-refractivity contribution in [3.8, 4) is 0 Å². The lowest BCUT2D eigenvalue weighted by atomic mass is 10.2. The van der Waals surface area contributed by atoms with E-state index in [-0.39, 0.29) is 12.5 Å². The van der Waals surface area contributed by atoms with Gasteiger partial charge in [-0.1, -0.05) is 12.1 Å². The number of carbonyl (C=O) groups is 1. The number of hydrogen-bond donors (Lipinski definition) is 0.